The fraction of sp³-hybridized carbons (Fsp3) is 0.222. The van der Waals surface area contributed by atoms with Gasteiger partial charge in [-0.25, -0.2) is 0 Å². The molecule has 5 nitrogen and oxygen atoms in total. The average Bonchev–Trinajstić information content (AvgIpc) is 2.59. The minimum Gasteiger partial charge on any atom is -0.484 e. The number of carbonyl (C=O) groups is 2. The summed E-state index contributed by atoms with van der Waals surface area (Å²) in [7, 11) is 0. The molecule has 0 aliphatic carbocycles. The number of benzene rings is 2. The van der Waals surface area contributed by atoms with Crippen molar-refractivity contribution in [3.8, 4) is 5.75 Å². The van der Waals surface area contributed by atoms with Gasteiger partial charge in [-0.1, -0.05) is 41.9 Å². The van der Waals surface area contributed by atoms with Gasteiger partial charge in [0.05, 0.1) is 12.6 Å². The summed E-state index contributed by atoms with van der Waals surface area (Å²) < 4.78 is 5.31. The molecule has 0 aliphatic rings. The lowest BCUT2D eigenvalue weighted by molar-refractivity contribution is -0.127. The van der Waals surface area contributed by atoms with Crippen LogP contribution in [-0.4, -0.2) is 25.0 Å². The second-order valence-electron chi connectivity index (χ2n) is 5.22. The van der Waals surface area contributed by atoms with E-state index in [9.17, 15) is 9.59 Å². The molecular formula is C18H19ClN2O3. The van der Waals surface area contributed by atoms with E-state index in [0.717, 1.165) is 5.56 Å². The first-order valence-electron chi connectivity index (χ1n) is 7.54. The standard InChI is InChI=1S/C18H19ClN2O3/c1-13(14-6-5-7-15(19)10-14)21-17(22)11-20-18(23)12-24-16-8-3-2-4-9-16/h2-10,13H,11-12H2,1H3,(H,20,23)(H,21,22)/t13-/m0/s1. The third-order valence-corrected chi connectivity index (χ3v) is 3.52. The van der Waals surface area contributed by atoms with Gasteiger partial charge in [-0.15, -0.1) is 0 Å². The summed E-state index contributed by atoms with van der Waals surface area (Å²) in [5.41, 5.74) is 0.898. The number of halogens is 1. The van der Waals surface area contributed by atoms with E-state index in [1.807, 2.05) is 37.3 Å². The largest absolute Gasteiger partial charge is 0.484 e. The van der Waals surface area contributed by atoms with Gasteiger partial charge in [0, 0.05) is 5.02 Å². The Bertz CT molecular complexity index is 692. The molecule has 0 aromatic heterocycles. The van der Waals surface area contributed by atoms with Gasteiger partial charge < -0.3 is 15.4 Å². The van der Waals surface area contributed by atoms with Crippen LogP contribution in [0.1, 0.15) is 18.5 Å². The minimum absolute atomic E-state index is 0.109. The molecule has 6 heteroatoms. The van der Waals surface area contributed by atoms with Gasteiger partial charge in [-0.3, -0.25) is 9.59 Å². The minimum atomic E-state index is -0.357. The number of hydrogen-bond donors (Lipinski definition) is 2. The van der Waals surface area contributed by atoms with Crippen molar-refractivity contribution < 1.29 is 14.3 Å². The zero-order valence-corrected chi connectivity index (χ0v) is 14.0. The molecule has 0 saturated carbocycles. The van der Waals surface area contributed by atoms with Gasteiger partial charge in [0.25, 0.3) is 5.91 Å². The molecule has 2 aromatic carbocycles. The molecule has 0 heterocycles. The maximum absolute atomic E-state index is 11.9. The lowest BCUT2D eigenvalue weighted by Crippen LogP contribution is -2.39. The summed E-state index contributed by atoms with van der Waals surface area (Å²) in [5, 5.41) is 5.93. The molecule has 1 atom stereocenters. The van der Waals surface area contributed by atoms with Crippen molar-refractivity contribution in [2.24, 2.45) is 0 Å². The quantitative estimate of drug-likeness (QED) is 0.810. The number of nitrogens with one attached hydrogen (secondary N) is 2. The topological polar surface area (TPSA) is 67.4 Å². The number of amides is 2. The van der Waals surface area contributed by atoms with Crippen LogP contribution in [0.3, 0.4) is 0 Å². The van der Waals surface area contributed by atoms with E-state index >= 15 is 0 Å². The molecule has 0 radical (unpaired) electrons. The molecule has 2 aromatic rings. The summed E-state index contributed by atoms with van der Waals surface area (Å²) in [5.74, 6) is -0.0355. The molecule has 2 amide bonds. The van der Waals surface area contributed by atoms with Gasteiger partial charge in [-0.05, 0) is 36.8 Å². The first kappa shape index (κ1) is 17.8. The lowest BCUT2D eigenvalue weighted by atomic mass is 10.1. The maximum Gasteiger partial charge on any atom is 0.258 e. The Balaban J connectivity index is 1.71. The predicted octanol–water partition coefficient (Wildman–Crippen LogP) is 2.71. The summed E-state index contributed by atoms with van der Waals surface area (Å²) in [6, 6.07) is 16.1. The molecule has 0 fully saturated rings. The number of ether oxygens (including phenoxy) is 1. The molecule has 24 heavy (non-hydrogen) atoms. The van der Waals surface area contributed by atoms with E-state index in [1.54, 1.807) is 24.3 Å². The second kappa shape index (κ2) is 8.93. The van der Waals surface area contributed by atoms with Crippen molar-refractivity contribution in [2.75, 3.05) is 13.2 Å². The molecule has 0 bridgehead atoms. The Hall–Kier alpha value is -2.53. The first-order valence-corrected chi connectivity index (χ1v) is 7.92. The Morgan fingerprint density at radius 2 is 1.83 bits per heavy atom. The zero-order chi connectivity index (χ0) is 17.4. The van der Waals surface area contributed by atoms with E-state index in [0.29, 0.717) is 10.8 Å². The smallest absolute Gasteiger partial charge is 0.258 e. The average molecular weight is 347 g/mol. The summed E-state index contributed by atoms with van der Waals surface area (Å²) in [6.45, 7) is 1.60. The van der Waals surface area contributed by atoms with Gasteiger partial charge in [-0.2, -0.15) is 0 Å². The van der Waals surface area contributed by atoms with Crippen LogP contribution in [0.4, 0.5) is 0 Å². The molecule has 2 rings (SSSR count). The van der Waals surface area contributed by atoms with Crippen molar-refractivity contribution in [3.05, 3.63) is 65.2 Å². The second-order valence-corrected chi connectivity index (χ2v) is 5.66. The van der Waals surface area contributed by atoms with Crippen molar-refractivity contribution in [2.45, 2.75) is 13.0 Å². The Labute approximate surface area is 146 Å². The van der Waals surface area contributed by atoms with E-state index in [1.165, 1.54) is 0 Å². The monoisotopic (exact) mass is 346 g/mol. The van der Waals surface area contributed by atoms with Gasteiger partial charge in [0.1, 0.15) is 5.75 Å². The van der Waals surface area contributed by atoms with Crippen molar-refractivity contribution in [1.82, 2.24) is 10.6 Å². The molecule has 2 N–H and O–H groups in total. The van der Waals surface area contributed by atoms with Crippen LogP contribution in [0, 0.1) is 0 Å². The summed E-state index contributed by atoms with van der Waals surface area (Å²) >= 11 is 5.93. The van der Waals surface area contributed by atoms with Crippen LogP contribution in [0.2, 0.25) is 5.02 Å². The van der Waals surface area contributed by atoms with E-state index in [2.05, 4.69) is 10.6 Å². The van der Waals surface area contributed by atoms with Crippen molar-refractivity contribution >= 4 is 23.4 Å². The van der Waals surface area contributed by atoms with Crippen LogP contribution in [0.15, 0.2) is 54.6 Å². The number of rotatable bonds is 7. The van der Waals surface area contributed by atoms with Crippen LogP contribution >= 0.6 is 11.6 Å². The van der Waals surface area contributed by atoms with Gasteiger partial charge in [0.15, 0.2) is 6.61 Å². The predicted molar refractivity (Wildman–Crippen MR) is 93.0 cm³/mol. The Morgan fingerprint density at radius 1 is 1.08 bits per heavy atom. The zero-order valence-electron chi connectivity index (χ0n) is 13.3. The number of para-hydroxylation sites is 1. The summed E-state index contributed by atoms with van der Waals surface area (Å²) in [4.78, 5) is 23.6. The lowest BCUT2D eigenvalue weighted by Gasteiger charge is -2.15. The third kappa shape index (κ3) is 5.93. The molecule has 0 unspecified atom stereocenters. The molecule has 126 valence electrons. The van der Waals surface area contributed by atoms with E-state index in [-0.39, 0.29) is 31.0 Å². The van der Waals surface area contributed by atoms with E-state index < -0.39 is 0 Å². The fourth-order valence-corrected chi connectivity index (χ4v) is 2.25. The van der Waals surface area contributed by atoms with Crippen molar-refractivity contribution in [1.29, 1.82) is 0 Å². The van der Waals surface area contributed by atoms with Crippen LogP contribution in [0.5, 0.6) is 5.75 Å². The molecule has 0 spiro atoms. The fourth-order valence-electron chi connectivity index (χ4n) is 2.05. The van der Waals surface area contributed by atoms with Crippen LogP contribution < -0.4 is 15.4 Å². The van der Waals surface area contributed by atoms with Crippen LogP contribution in [-0.2, 0) is 9.59 Å². The Kier molecular flexibility index (Phi) is 6.63. The van der Waals surface area contributed by atoms with E-state index in [4.69, 9.17) is 16.3 Å². The molecule has 0 saturated heterocycles. The Morgan fingerprint density at radius 3 is 2.54 bits per heavy atom. The SMILES string of the molecule is C[C@H](NC(=O)CNC(=O)COc1ccccc1)c1cccc(Cl)c1. The van der Waals surface area contributed by atoms with Crippen LogP contribution in [0.25, 0.3) is 0 Å². The summed E-state index contributed by atoms with van der Waals surface area (Å²) in [6.07, 6.45) is 0. The highest BCUT2D eigenvalue weighted by Gasteiger charge is 2.11. The number of hydrogen-bond acceptors (Lipinski definition) is 3. The van der Waals surface area contributed by atoms with Crippen molar-refractivity contribution in [3.63, 3.8) is 0 Å². The van der Waals surface area contributed by atoms with Gasteiger partial charge in [0.2, 0.25) is 5.91 Å². The number of carbonyl (C=O) groups excluding carboxylic acids is 2. The molecular weight excluding hydrogens is 328 g/mol. The highest BCUT2D eigenvalue weighted by molar-refractivity contribution is 6.30. The maximum atomic E-state index is 11.9. The highest BCUT2D eigenvalue weighted by atomic mass is 35.5. The molecule has 0 aliphatic heterocycles. The highest BCUT2D eigenvalue weighted by Crippen LogP contribution is 2.17. The van der Waals surface area contributed by atoms with Gasteiger partial charge >= 0.3 is 0 Å². The third-order valence-electron chi connectivity index (χ3n) is 3.29. The first-order chi connectivity index (χ1) is 11.5. The normalized spacial score (nSPS) is 11.4.